The molecule has 17 heteroatoms. The zero-order valence-corrected chi connectivity index (χ0v) is 42.7. The number of aryl methyl sites for hydroxylation is 1. The van der Waals surface area contributed by atoms with E-state index in [0.29, 0.717) is 43.8 Å². The Labute approximate surface area is 433 Å². The number of hydrogen-bond acceptors (Lipinski definition) is 10. The highest BCUT2D eigenvalue weighted by molar-refractivity contribution is 8.00. The van der Waals surface area contributed by atoms with Crippen molar-refractivity contribution in [2.75, 3.05) is 37.1 Å². The summed E-state index contributed by atoms with van der Waals surface area (Å²) in [5.41, 5.74) is 5.95. The number of benzene rings is 6. The molecule has 4 aliphatic rings. The van der Waals surface area contributed by atoms with Crippen molar-refractivity contribution in [3.8, 4) is 28.2 Å². The number of fused-ring (bicyclic) bond motifs is 3. The van der Waals surface area contributed by atoms with Crippen molar-refractivity contribution in [1.29, 1.82) is 0 Å². The van der Waals surface area contributed by atoms with Crippen molar-refractivity contribution in [3.05, 3.63) is 188 Å². The van der Waals surface area contributed by atoms with Gasteiger partial charge in [0.25, 0.3) is 5.91 Å². The number of hydrogen-bond donors (Lipinski definition) is 2. The molecule has 3 aliphatic heterocycles. The lowest BCUT2D eigenvalue weighted by Crippen LogP contribution is -2.70. The molecule has 72 heavy (non-hydrogen) atoms. The molecule has 2 N–H and O–H groups in total. The number of halogens is 2. The second-order valence-corrected chi connectivity index (χ2v) is 22.4. The maximum absolute atomic E-state index is 14.6. The van der Waals surface area contributed by atoms with Gasteiger partial charge in [-0.3, -0.25) is 14.5 Å². The largest absolute Gasteiger partial charge is 0.489 e. The topological polar surface area (TPSA) is 149 Å². The number of sulfone groups is 1. The fourth-order valence-electron chi connectivity index (χ4n) is 9.12. The van der Waals surface area contributed by atoms with Crippen molar-refractivity contribution in [2.24, 2.45) is 0 Å². The number of rotatable bonds is 15. The Morgan fingerprint density at radius 1 is 0.889 bits per heavy atom. The lowest BCUT2D eigenvalue weighted by atomic mass is 9.93. The number of nitrogens with one attached hydrogen (secondary N) is 1. The van der Waals surface area contributed by atoms with E-state index in [-0.39, 0.29) is 47.5 Å². The number of carbonyl (C=O) groups is 3. The molecule has 1 aromatic heterocycles. The molecule has 6 aromatic rings. The molecular formula is C55H45Cl2N4O8S3+. The van der Waals surface area contributed by atoms with Gasteiger partial charge in [-0.2, -0.15) is 4.58 Å². The van der Waals surface area contributed by atoms with E-state index in [1.54, 1.807) is 36.4 Å². The van der Waals surface area contributed by atoms with Crippen molar-refractivity contribution in [2.45, 2.75) is 29.2 Å². The number of carboxylic acids is 1. The van der Waals surface area contributed by atoms with Gasteiger partial charge in [0, 0.05) is 69.2 Å². The molecular weight excluding hydrogens is 1010 g/mol. The van der Waals surface area contributed by atoms with E-state index in [4.69, 9.17) is 32.4 Å². The summed E-state index contributed by atoms with van der Waals surface area (Å²) in [6, 6.07) is 43.7. The van der Waals surface area contributed by atoms with Crippen LogP contribution in [0.15, 0.2) is 172 Å². The summed E-state index contributed by atoms with van der Waals surface area (Å²) in [6.07, 6.45) is 0.342. The summed E-state index contributed by atoms with van der Waals surface area (Å²) in [5.74, 6) is -0.954. The van der Waals surface area contributed by atoms with Gasteiger partial charge in [-0.1, -0.05) is 83.9 Å². The fourth-order valence-corrected chi connectivity index (χ4v) is 13.2. The van der Waals surface area contributed by atoms with Crippen LogP contribution in [0.3, 0.4) is 0 Å². The van der Waals surface area contributed by atoms with Gasteiger partial charge in [-0.05, 0) is 78.0 Å². The quantitative estimate of drug-likeness (QED) is 0.0577. The summed E-state index contributed by atoms with van der Waals surface area (Å²) >= 11 is 16.1. The minimum Gasteiger partial charge on any atom is -0.489 e. The monoisotopic (exact) mass is 1060 g/mol. The van der Waals surface area contributed by atoms with Crippen molar-refractivity contribution < 1.29 is 37.1 Å². The Morgan fingerprint density at radius 2 is 1.64 bits per heavy atom. The molecule has 364 valence electrons. The first-order valence-corrected chi connectivity index (χ1v) is 27.1. The SMILES string of the molecule is CN(c1ccc2c(-c3ccccc3S(=O)(=O)CCc3ccc(OCC4=C(C(=O)O)N5C(=O)[C@@H](NC(=O)Cc6cccs6)[C@H]5SC4)cc3)c3ccc(=[N+](C)c4ccccc4Cl)cc-3oc2c1)c1ccccc1Cl. The van der Waals surface area contributed by atoms with Crippen LogP contribution in [-0.2, 0) is 37.1 Å². The van der Waals surface area contributed by atoms with Gasteiger partial charge in [-0.25, -0.2) is 13.2 Å². The van der Waals surface area contributed by atoms with E-state index in [1.165, 1.54) is 28.0 Å². The number of carbonyl (C=O) groups excluding carboxylic acids is 2. The third-order valence-corrected chi connectivity index (χ3v) is 17.5. The summed E-state index contributed by atoms with van der Waals surface area (Å²) < 4.78 is 43.9. The van der Waals surface area contributed by atoms with Gasteiger partial charge < -0.3 is 24.5 Å². The van der Waals surface area contributed by atoms with Crippen LogP contribution in [-0.4, -0.2) is 79.8 Å². The van der Waals surface area contributed by atoms with E-state index in [2.05, 4.69) is 5.32 Å². The number of thioether (sulfide) groups is 1. The zero-order chi connectivity index (χ0) is 50.3. The fraction of sp³-hybridized carbons (Fsp3) is 0.164. The number of thiophene rings is 1. The lowest BCUT2D eigenvalue weighted by Gasteiger charge is -2.49. The molecule has 12 nitrogen and oxygen atoms in total. The standard InChI is InChI=1S/C55H44Cl2N4O8S3/c1-59(44-14-6-4-12-42(44)56)35-19-23-39-46(28-35)69-47-29-36(60(2)45-15-7-5-13-43(45)57)20-24-40(47)50(39)41-11-3-8-16-48(41)72(66,67)27-25-33-17-21-37(22-18-33)68-31-34-32-71-54-51(53(63)61(54)52(34)55(64)65)58-49(62)30-38-10-9-26-70-38/h3-24,26,28-29,51,54H,25,27,30-32H2,1-2H3,(H-,58,62,64,65)/p+1/t51-,54-/m1/s1. The number of para-hydroxylation sites is 2. The molecule has 1 aliphatic carbocycles. The number of nitrogens with zero attached hydrogens (tertiary/aromatic N) is 3. The van der Waals surface area contributed by atoms with E-state index in [0.717, 1.165) is 43.8 Å². The number of ether oxygens (including phenoxy) is 1. The van der Waals surface area contributed by atoms with Crippen LogP contribution in [0, 0.1) is 0 Å². The predicted molar refractivity (Wildman–Crippen MR) is 285 cm³/mol. The highest BCUT2D eigenvalue weighted by Gasteiger charge is 2.54. The molecule has 10 rings (SSSR count). The number of aliphatic carboxylic acids is 1. The van der Waals surface area contributed by atoms with E-state index < -0.39 is 33.1 Å². The summed E-state index contributed by atoms with van der Waals surface area (Å²) in [4.78, 5) is 42.6. The smallest absolute Gasteiger partial charge is 0.352 e. The van der Waals surface area contributed by atoms with E-state index in [1.807, 2.05) is 138 Å². The second-order valence-electron chi connectivity index (χ2n) is 17.3. The number of anilines is 2. The normalized spacial score (nSPS) is 16.1. The molecule has 0 radical (unpaired) electrons. The van der Waals surface area contributed by atoms with Gasteiger partial charge >= 0.3 is 5.97 Å². The van der Waals surface area contributed by atoms with Gasteiger partial charge in [0.2, 0.25) is 17.0 Å². The Morgan fingerprint density at radius 3 is 2.39 bits per heavy atom. The molecule has 1 fully saturated rings. The Hall–Kier alpha value is -6.88. The van der Waals surface area contributed by atoms with Gasteiger partial charge in [0.05, 0.1) is 33.8 Å². The third-order valence-electron chi connectivity index (χ3n) is 12.9. The van der Waals surface area contributed by atoms with Crippen LogP contribution in [0.2, 0.25) is 10.0 Å². The van der Waals surface area contributed by atoms with E-state index in [9.17, 15) is 27.9 Å². The van der Waals surface area contributed by atoms with Crippen LogP contribution < -0.4 is 24.9 Å². The zero-order valence-electron chi connectivity index (χ0n) is 38.8. The highest BCUT2D eigenvalue weighted by atomic mass is 35.5. The van der Waals surface area contributed by atoms with Crippen LogP contribution in [0.5, 0.6) is 5.75 Å². The van der Waals surface area contributed by atoms with Crippen molar-refractivity contribution in [1.82, 2.24) is 14.8 Å². The minimum absolute atomic E-state index is 0.0834. The summed E-state index contributed by atoms with van der Waals surface area (Å²) in [6.45, 7) is -0.0834. The molecule has 4 heterocycles. The maximum Gasteiger partial charge on any atom is 0.352 e. The van der Waals surface area contributed by atoms with Gasteiger partial charge in [-0.15, -0.1) is 23.1 Å². The van der Waals surface area contributed by atoms with Crippen LogP contribution in [0.1, 0.15) is 10.4 Å². The molecule has 1 saturated heterocycles. The average molecular weight is 1060 g/mol. The molecule has 2 amide bonds. The molecule has 0 bridgehead atoms. The highest BCUT2D eigenvalue weighted by Crippen LogP contribution is 2.45. The Kier molecular flexibility index (Phi) is 13.8. The average Bonchev–Trinajstić information content (AvgIpc) is 3.90. The molecule has 0 saturated carbocycles. The van der Waals surface area contributed by atoms with Crippen LogP contribution in [0.25, 0.3) is 33.4 Å². The van der Waals surface area contributed by atoms with Gasteiger partial charge in [0.1, 0.15) is 52.9 Å². The number of β-lactam (4-membered cyclic amide) rings is 1. The lowest BCUT2D eigenvalue weighted by molar-refractivity contribution is -0.150. The van der Waals surface area contributed by atoms with E-state index >= 15 is 0 Å². The first-order valence-electron chi connectivity index (χ1n) is 22.8. The minimum atomic E-state index is -3.91. The number of amides is 2. The Bertz CT molecular complexity index is 3620. The van der Waals surface area contributed by atoms with Crippen molar-refractivity contribution in [3.63, 3.8) is 0 Å². The summed E-state index contributed by atoms with van der Waals surface area (Å²) in [5, 5.41) is 17.0. The molecule has 2 atom stereocenters. The van der Waals surface area contributed by atoms with Crippen LogP contribution >= 0.6 is 46.3 Å². The Balaban J connectivity index is 0.898. The maximum atomic E-state index is 14.6. The first kappa shape index (κ1) is 48.7. The first-order chi connectivity index (χ1) is 34.8. The third kappa shape index (κ3) is 9.62. The second kappa shape index (κ2) is 20.3. The molecule has 0 unspecified atom stereocenters. The van der Waals surface area contributed by atoms with Gasteiger partial charge in [0.15, 0.2) is 9.84 Å². The number of carboxylic acid groups (broad SMARTS) is 1. The molecule has 5 aromatic carbocycles. The van der Waals surface area contributed by atoms with Crippen LogP contribution in [0.4, 0.5) is 17.1 Å². The van der Waals surface area contributed by atoms with Crippen molar-refractivity contribution >= 4 is 102 Å². The molecule has 0 spiro atoms. The predicted octanol–water partition coefficient (Wildman–Crippen LogP) is 10.5. The summed E-state index contributed by atoms with van der Waals surface area (Å²) in [7, 11) is -0.0571.